The summed E-state index contributed by atoms with van der Waals surface area (Å²) < 4.78 is 28.3. The van der Waals surface area contributed by atoms with E-state index in [1.807, 2.05) is 37.3 Å². The predicted molar refractivity (Wildman–Crippen MR) is 115 cm³/mol. The lowest BCUT2D eigenvalue weighted by atomic mass is 10.1. The van der Waals surface area contributed by atoms with Gasteiger partial charge < -0.3 is 10.1 Å². The highest BCUT2D eigenvalue weighted by atomic mass is 32.2. The minimum absolute atomic E-state index is 0.0184. The average Bonchev–Trinajstić information content (AvgIpc) is 3.09. The third-order valence-electron chi connectivity index (χ3n) is 4.58. The number of nitrogens with one attached hydrogen (secondary N) is 1. The highest BCUT2D eigenvalue weighted by molar-refractivity contribution is 7.89. The van der Waals surface area contributed by atoms with Crippen molar-refractivity contribution in [1.82, 2.24) is 5.32 Å². The summed E-state index contributed by atoms with van der Waals surface area (Å²) in [7, 11) is -2.18. The molecule has 2 aromatic carbocycles. The van der Waals surface area contributed by atoms with Crippen molar-refractivity contribution in [2.24, 2.45) is 5.14 Å². The Hall–Kier alpha value is -2.68. The van der Waals surface area contributed by atoms with Crippen LogP contribution in [0.15, 0.2) is 59.5 Å². The fourth-order valence-electron chi connectivity index (χ4n) is 2.96. The number of rotatable bonds is 6. The fraction of sp³-hybridized carbons (Fsp3) is 0.190. The molecule has 3 N–H and O–H groups in total. The first-order valence-electron chi connectivity index (χ1n) is 8.87. The highest BCUT2D eigenvalue weighted by Crippen LogP contribution is 2.32. The zero-order valence-corrected chi connectivity index (χ0v) is 17.9. The Balaban J connectivity index is 1.79. The first-order chi connectivity index (χ1) is 13.7. The number of benzene rings is 2. The van der Waals surface area contributed by atoms with E-state index in [4.69, 9.17) is 9.88 Å². The maximum atomic E-state index is 12.7. The molecule has 1 amide bonds. The van der Waals surface area contributed by atoms with Crippen LogP contribution < -0.4 is 15.2 Å². The van der Waals surface area contributed by atoms with Gasteiger partial charge in [-0.25, -0.2) is 13.6 Å². The van der Waals surface area contributed by atoms with Crippen LogP contribution in [-0.4, -0.2) is 21.4 Å². The molecule has 1 unspecified atom stereocenters. The van der Waals surface area contributed by atoms with E-state index in [-0.39, 0.29) is 16.8 Å². The molecular formula is C21H22N2O4S2. The maximum absolute atomic E-state index is 12.7. The van der Waals surface area contributed by atoms with Gasteiger partial charge in [-0.3, -0.25) is 4.79 Å². The second-order valence-corrected chi connectivity index (χ2v) is 9.44. The first kappa shape index (κ1) is 21.0. The number of aryl methyl sites for hydroxylation is 1. The average molecular weight is 431 g/mol. The van der Waals surface area contributed by atoms with Gasteiger partial charge in [-0.15, -0.1) is 11.3 Å². The van der Waals surface area contributed by atoms with Crippen LogP contribution in [0.2, 0.25) is 0 Å². The van der Waals surface area contributed by atoms with E-state index in [9.17, 15) is 13.2 Å². The minimum atomic E-state index is -3.80. The molecule has 3 rings (SSSR count). The minimum Gasteiger partial charge on any atom is -0.497 e. The molecule has 3 aromatic rings. The smallest absolute Gasteiger partial charge is 0.261 e. The molecule has 1 aromatic heterocycles. The molecule has 0 aliphatic heterocycles. The van der Waals surface area contributed by atoms with Crippen molar-refractivity contribution in [3.8, 4) is 16.9 Å². The number of primary sulfonamides is 1. The molecule has 6 nitrogen and oxygen atoms in total. The van der Waals surface area contributed by atoms with Crippen LogP contribution in [0, 0.1) is 6.92 Å². The number of sulfonamides is 1. The quantitative estimate of drug-likeness (QED) is 0.620. The molecule has 1 atom stereocenters. The van der Waals surface area contributed by atoms with Crippen LogP contribution in [0.5, 0.6) is 5.75 Å². The molecular weight excluding hydrogens is 408 g/mol. The van der Waals surface area contributed by atoms with E-state index in [0.29, 0.717) is 10.4 Å². The predicted octanol–water partition coefficient (Wildman–Crippen LogP) is 3.87. The van der Waals surface area contributed by atoms with E-state index in [2.05, 4.69) is 5.32 Å². The molecule has 1 heterocycles. The van der Waals surface area contributed by atoms with Crippen molar-refractivity contribution in [2.45, 2.75) is 24.8 Å². The molecule has 0 fully saturated rings. The van der Waals surface area contributed by atoms with Gasteiger partial charge in [0.05, 0.1) is 22.9 Å². The standard InChI is InChI=1S/C21H22N2O4S2/c1-13(16-5-4-6-18(11-16)29(22,25)26)23-21(24)20-12-19(14(2)28-20)15-7-9-17(27-3)10-8-15/h4-13H,1-3H3,(H,23,24)(H2,22,25,26). The van der Waals surface area contributed by atoms with Crippen LogP contribution in [0.1, 0.15) is 33.1 Å². The van der Waals surface area contributed by atoms with Crippen molar-refractivity contribution in [1.29, 1.82) is 0 Å². The van der Waals surface area contributed by atoms with Gasteiger partial charge in [-0.05, 0) is 60.9 Å². The summed E-state index contributed by atoms with van der Waals surface area (Å²) in [5.74, 6) is 0.557. The normalized spacial score (nSPS) is 12.4. The van der Waals surface area contributed by atoms with Crippen molar-refractivity contribution in [2.75, 3.05) is 7.11 Å². The summed E-state index contributed by atoms with van der Waals surface area (Å²) >= 11 is 1.41. The van der Waals surface area contributed by atoms with E-state index < -0.39 is 10.0 Å². The van der Waals surface area contributed by atoms with E-state index in [1.54, 1.807) is 26.2 Å². The molecule has 152 valence electrons. The number of thiophene rings is 1. The van der Waals surface area contributed by atoms with Gasteiger partial charge in [0, 0.05) is 4.88 Å². The summed E-state index contributed by atoms with van der Waals surface area (Å²) in [5.41, 5.74) is 2.66. The van der Waals surface area contributed by atoms with E-state index in [1.165, 1.54) is 23.5 Å². The summed E-state index contributed by atoms with van der Waals surface area (Å²) in [6, 6.07) is 15.4. The third kappa shape index (κ3) is 4.84. The van der Waals surface area contributed by atoms with Crippen LogP contribution >= 0.6 is 11.3 Å². The largest absolute Gasteiger partial charge is 0.497 e. The molecule has 0 aliphatic rings. The number of hydrogen-bond acceptors (Lipinski definition) is 5. The number of methoxy groups -OCH3 is 1. The van der Waals surface area contributed by atoms with Gasteiger partial charge in [0.2, 0.25) is 10.0 Å². The molecule has 0 radical (unpaired) electrons. The van der Waals surface area contributed by atoms with Crippen LogP contribution in [-0.2, 0) is 10.0 Å². The monoisotopic (exact) mass is 430 g/mol. The lowest BCUT2D eigenvalue weighted by Gasteiger charge is -2.14. The lowest BCUT2D eigenvalue weighted by Crippen LogP contribution is -2.26. The fourth-order valence-corrected chi connectivity index (χ4v) is 4.48. The molecule has 0 bridgehead atoms. The number of carbonyl (C=O) groups is 1. The van der Waals surface area contributed by atoms with Crippen molar-refractivity contribution >= 4 is 27.3 Å². The van der Waals surface area contributed by atoms with Gasteiger partial charge in [0.15, 0.2) is 0 Å². The van der Waals surface area contributed by atoms with Gasteiger partial charge in [0.25, 0.3) is 5.91 Å². The summed E-state index contributed by atoms with van der Waals surface area (Å²) in [5, 5.41) is 8.11. The Morgan fingerprint density at radius 3 is 2.45 bits per heavy atom. The second-order valence-electron chi connectivity index (χ2n) is 6.62. The molecule has 0 saturated heterocycles. The zero-order chi connectivity index (χ0) is 21.2. The van der Waals surface area contributed by atoms with Crippen molar-refractivity contribution in [3.63, 3.8) is 0 Å². The number of ether oxygens (including phenoxy) is 1. The Morgan fingerprint density at radius 1 is 1.14 bits per heavy atom. The number of hydrogen-bond donors (Lipinski definition) is 2. The van der Waals surface area contributed by atoms with Crippen LogP contribution in [0.3, 0.4) is 0 Å². The topological polar surface area (TPSA) is 98.5 Å². The number of amides is 1. The van der Waals surface area contributed by atoms with E-state index >= 15 is 0 Å². The second kappa shape index (κ2) is 8.36. The van der Waals surface area contributed by atoms with E-state index in [0.717, 1.165) is 21.8 Å². The summed E-state index contributed by atoms with van der Waals surface area (Å²) in [6.45, 7) is 3.77. The number of carbonyl (C=O) groups excluding carboxylic acids is 1. The lowest BCUT2D eigenvalue weighted by molar-refractivity contribution is 0.0944. The summed E-state index contributed by atoms with van der Waals surface area (Å²) in [6.07, 6.45) is 0. The van der Waals surface area contributed by atoms with Crippen LogP contribution in [0.4, 0.5) is 0 Å². The van der Waals surface area contributed by atoms with Gasteiger partial charge in [-0.1, -0.05) is 24.3 Å². The molecule has 0 aliphatic carbocycles. The molecule has 0 spiro atoms. The maximum Gasteiger partial charge on any atom is 0.261 e. The molecule has 29 heavy (non-hydrogen) atoms. The molecule has 0 saturated carbocycles. The van der Waals surface area contributed by atoms with Crippen molar-refractivity contribution in [3.05, 3.63) is 69.9 Å². The Kier molecular flexibility index (Phi) is 6.07. The van der Waals surface area contributed by atoms with Gasteiger partial charge in [0.1, 0.15) is 5.75 Å². The summed E-state index contributed by atoms with van der Waals surface area (Å²) in [4.78, 5) is 14.4. The number of nitrogens with two attached hydrogens (primary N) is 1. The Bertz CT molecular complexity index is 1140. The Labute approximate surface area is 174 Å². The van der Waals surface area contributed by atoms with Crippen molar-refractivity contribution < 1.29 is 17.9 Å². The van der Waals surface area contributed by atoms with Gasteiger partial charge >= 0.3 is 0 Å². The van der Waals surface area contributed by atoms with Gasteiger partial charge in [-0.2, -0.15) is 0 Å². The SMILES string of the molecule is COc1ccc(-c2cc(C(=O)NC(C)c3cccc(S(N)(=O)=O)c3)sc2C)cc1. The van der Waals surface area contributed by atoms with Crippen LogP contribution in [0.25, 0.3) is 11.1 Å². The third-order valence-corrected chi connectivity index (χ3v) is 6.54. The first-order valence-corrected chi connectivity index (χ1v) is 11.2. The Morgan fingerprint density at radius 2 is 1.83 bits per heavy atom. The highest BCUT2D eigenvalue weighted by Gasteiger charge is 2.17. The molecule has 8 heteroatoms. The zero-order valence-electron chi connectivity index (χ0n) is 16.3.